The van der Waals surface area contributed by atoms with E-state index in [9.17, 15) is 4.79 Å². The summed E-state index contributed by atoms with van der Waals surface area (Å²) in [6.07, 6.45) is 4.69. The van der Waals surface area contributed by atoms with Crippen LogP contribution in [0.4, 0.5) is 10.1 Å². The minimum absolute atomic E-state index is 0.0942. The van der Waals surface area contributed by atoms with Crippen LogP contribution in [0.15, 0.2) is 28.1 Å². The third-order valence-electron chi connectivity index (χ3n) is 5.77. The Labute approximate surface area is 183 Å². The Kier molecular flexibility index (Phi) is 5.43. The van der Waals surface area contributed by atoms with Crippen LogP contribution in [0.1, 0.15) is 54.6 Å². The maximum atomic E-state index is 15.1. The standard InChI is InChI=1S/C22H24FN5O2S/c1-13-12-31-19(25-13)11-24-21(29)18-4-2-3-9-28(18)17-8-7-15(10-16(17)23)20-26-22(30-27-20)14-5-6-14/h7-8,10,12,14,18H,2-6,9,11H2,1H3,(H,24,29). The minimum atomic E-state index is -0.401. The molecule has 2 aliphatic rings. The number of hydrogen-bond donors (Lipinski definition) is 1. The number of benzene rings is 1. The van der Waals surface area contributed by atoms with Gasteiger partial charge in [0.1, 0.15) is 16.9 Å². The maximum Gasteiger partial charge on any atom is 0.243 e. The van der Waals surface area contributed by atoms with Gasteiger partial charge in [0, 0.05) is 29.1 Å². The van der Waals surface area contributed by atoms with E-state index < -0.39 is 6.04 Å². The third kappa shape index (κ3) is 4.32. The zero-order chi connectivity index (χ0) is 21.4. The third-order valence-corrected chi connectivity index (χ3v) is 6.74. The molecule has 1 atom stereocenters. The number of anilines is 1. The van der Waals surface area contributed by atoms with Crippen LogP contribution in [-0.4, -0.2) is 33.6 Å². The monoisotopic (exact) mass is 441 g/mol. The van der Waals surface area contributed by atoms with E-state index in [-0.39, 0.29) is 11.7 Å². The van der Waals surface area contributed by atoms with Crippen molar-refractivity contribution in [1.29, 1.82) is 0 Å². The van der Waals surface area contributed by atoms with Crippen LogP contribution < -0.4 is 10.2 Å². The first kappa shape index (κ1) is 20.1. The highest BCUT2D eigenvalue weighted by Crippen LogP contribution is 2.39. The van der Waals surface area contributed by atoms with Crippen molar-refractivity contribution >= 4 is 22.9 Å². The number of amides is 1. The molecule has 162 valence electrons. The fourth-order valence-electron chi connectivity index (χ4n) is 3.98. The van der Waals surface area contributed by atoms with Gasteiger partial charge < -0.3 is 14.7 Å². The Morgan fingerprint density at radius 3 is 2.90 bits per heavy atom. The average Bonchev–Trinajstić information content (AvgIpc) is 3.35. The zero-order valence-electron chi connectivity index (χ0n) is 17.3. The molecule has 31 heavy (non-hydrogen) atoms. The van der Waals surface area contributed by atoms with E-state index >= 15 is 4.39 Å². The van der Waals surface area contributed by atoms with Crippen molar-refractivity contribution < 1.29 is 13.7 Å². The topological polar surface area (TPSA) is 84.2 Å². The molecule has 1 unspecified atom stereocenters. The van der Waals surface area contributed by atoms with Crippen molar-refractivity contribution in [3.63, 3.8) is 0 Å². The number of nitrogens with one attached hydrogen (secondary N) is 1. The molecule has 9 heteroatoms. The molecule has 1 amide bonds. The van der Waals surface area contributed by atoms with Gasteiger partial charge >= 0.3 is 0 Å². The minimum Gasteiger partial charge on any atom is -0.357 e. The van der Waals surface area contributed by atoms with Gasteiger partial charge in [0.2, 0.25) is 17.6 Å². The molecule has 2 aromatic heterocycles. The predicted molar refractivity (Wildman–Crippen MR) is 115 cm³/mol. The van der Waals surface area contributed by atoms with Gasteiger partial charge in [-0.2, -0.15) is 4.98 Å². The van der Waals surface area contributed by atoms with E-state index in [2.05, 4.69) is 20.4 Å². The number of piperidine rings is 1. The lowest BCUT2D eigenvalue weighted by atomic mass is 10.00. The molecule has 0 radical (unpaired) electrons. The Morgan fingerprint density at radius 1 is 1.29 bits per heavy atom. The maximum absolute atomic E-state index is 15.1. The van der Waals surface area contributed by atoms with Gasteiger partial charge in [0.25, 0.3) is 0 Å². The number of aryl methyl sites for hydroxylation is 1. The Hall–Kier alpha value is -2.81. The highest BCUT2D eigenvalue weighted by Gasteiger charge is 2.32. The lowest BCUT2D eigenvalue weighted by molar-refractivity contribution is -0.123. The molecule has 5 rings (SSSR count). The van der Waals surface area contributed by atoms with Gasteiger partial charge in [-0.3, -0.25) is 4.79 Å². The number of carbonyl (C=O) groups is 1. The second kappa shape index (κ2) is 8.37. The van der Waals surface area contributed by atoms with Crippen LogP contribution in [0.2, 0.25) is 0 Å². The summed E-state index contributed by atoms with van der Waals surface area (Å²) >= 11 is 1.53. The van der Waals surface area contributed by atoms with Crippen LogP contribution in [-0.2, 0) is 11.3 Å². The average molecular weight is 442 g/mol. The lowest BCUT2D eigenvalue weighted by Gasteiger charge is -2.36. The van der Waals surface area contributed by atoms with Crippen LogP contribution in [0, 0.1) is 12.7 Å². The number of carbonyl (C=O) groups excluding carboxylic acids is 1. The predicted octanol–water partition coefficient (Wildman–Crippen LogP) is 4.19. The van der Waals surface area contributed by atoms with Gasteiger partial charge in [-0.15, -0.1) is 11.3 Å². The van der Waals surface area contributed by atoms with Gasteiger partial charge in [0.05, 0.1) is 12.2 Å². The SMILES string of the molecule is Cc1csc(CNC(=O)C2CCCCN2c2ccc(-c3noc(C4CC4)n3)cc2F)n1. The molecule has 2 fully saturated rings. The summed E-state index contributed by atoms with van der Waals surface area (Å²) < 4.78 is 20.4. The summed E-state index contributed by atoms with van der Waals surface area (Å²) in [7, 11) is 0. The van der Waals surface area contributed by atoms with Crippen LogP contribution in [0.3, 0.4) is 0 Å². The molecule has 3 aromatic rings. The van der Waals surface area contributed by atoms with Gasteiger partial charge in [-0.25, -0.2) is 9.37 Å². The molecule has 1 saturated carbocycles. The van der Waals surface area contributed by atoms with E-state index in [4.69, 9.17) is 4.52 Å². The molecule has 1 N–H and O–H groups in total. The number of thiazole rings is 1. The molecule has 0 spiro atoms. The Morgan fingerprint density at radius 2 is 2.16 bits per heavy atom. The van der Waals surface area contributed by atoms with Crippen molar-refractivity contribution in [1.82, 2.24) is 20.4 Å². The fourth-order valence-corrected chi connectivity index (χ4v) is 4.70. The number of halogens is 1. The first-order chi connectivity index (χ1) is 15.1. The zero-order valence-corrected chi connectivity index (χ0v) is 18.1. The normalized spacial score (nSPS) is 18.9. The Bertz CT molecular complexity index is 1090. The number of hydrogen-bond acceptors (Lipinski definition) is 7. The highest BCUT2D eigenvalue weighted by molar-refractivity contribution is 7.09. The number of nitrogens with zero attached hydrogens (tertiary/aromatic N) is 4. The smallest absolute Gasteiger partial charge is 0.243 e. The molecule has 1 saturated heterocycles. The molecule has 1 aromatic carbocycles. The molecular weight excluding hydrogens is 417 g/mol. The summed E-state index contributed by atoms with van der Waals surface area (Å²) in [5, 5.41) is 9.79. The van der Waals surface area contributed by atoms with Gasteiger partial charge in [-0.05, 0) is 57.2 Å². The summed E-state index contributed by atoms with van der Waals surface area (Å²) in [5.41, 5.74) is 1.95. The molecule has 1 aliphatic heterocycles. The first-order valence-corrected chi connectivity index (χ1v) is 11.6. The van der Waals surface area contributed by atoms with Crippen LogP contribution in [0.5, 0.6) is 0 Å². The Balaban J connectivity index is 1.32. The molecule has 1 aliphatic carbocycles. The molecular formula is C22H24FN5O2S. The fraction of sp³-hybridized carbons (Fsp3) is 0.455. The van der Waals surface area contributed by atoms with Crippen molar-refractivity contribution in [3.05, 3.63) is 46.0 Å². The van der Waals surface area contributed by atoms with Gasteiger partial charge in [0.15, 0.2) is 0 Å². The summed E-state index contributed by atoms with van der Waals surface area (Å²) in [5.74, 6) is 0.904. The van der Waals surface area contributed by atoms with E-state index in [1.54, 1.807) is 12.1 Å². The van der Waals surface area contributed by atoms with Crippen molar-refractivity contribution in [2.75, 3.05) is 11.4 Å². The lowest BCUT2D eigenvalue weighted by Crippen LogP contribution is -2.49. The molecule has 3 heterocycles. The number of rotatable bonds is 6. The second-order valence-corrected chi connectivity index (χ2v) is 9.14. The summed E-state index contributed by atoms with van der Waals surface area (Å²) in [6, 6.07) is 4.54. The summed E-state index contributed by atoms with van der Waals surface area (Å²) in [6.45, 7) is 2.96. The van der Waals surface area contributed by atoms with Crippen LogP contribution >= 0.6 is 11.3 Å². The van der Waals surface area contributed by atoms with Gasteiger partial charge in [-0.1, -0.05) is 5.16 Å². The van der Waals surface area contributed by atoms with E-state index in [1.165, 1.54) is 17.4 Å². The highest BCUT2D eigenvalue weighted by atomic mass is 32.1. The largest absolute Gasteiger partial charge is 0.357 e. The van der Waals surface area contributed by atoms with Crippen molar-refractivity contribution in [3.8, 4) is 11.4 Å². The summed E-state index contributed by atoms with van der Waals surface area (Å²) in [4.78, 5) is 23.6. The van der Waals surface area contributed by atoms with E-state index in [1.807, 2.05) is 17.2 Å². The van der Waals surface area contributed by atoms with E-state index in [0.717, 1.165) is 36.4 Å². The quantitative estimate of drug-likeness (QED) is 0.617. The van der Waals surface area contributed by atoms with Crippen molar-refractivity contribution in [2.24, 2.45) is 0 Å². The van der Waals surface area contributed by atoms with E-state index in [0.29, 0.717) is 48.4 Å². The van der Waals surface area contributed by atoms with Crippen LogP contribution in [0.25, 0.3) is 11.4 Å². The first-order valence-electron chi connectivity index (χ1n) is 10.7. The van der Waals surface area contributed by atoms with Crippen molar-refractivity contribution in [2.45, 2.75) is 57.5 Å². The molecule has 0 bridgehead atoms. The second-order valence-electron chi connectivity index (χ2n) is 8.20. The number of aromatic nitrogens is 3. The molecule has 7 nitrogen and oxygen atoms in total.